The van der Waals surface area contributed by atoms with E-state index in [1.54, 1.807) is 12.1 Å². The summed E-state index contributed by atoms with van der Waals surface area (Å²) in [6.45, 7) is 0. The van der Waals surface area contributed by atoms with Gasteiger partial charge in [-0.2, -0.15) is 0 Å². The van der Waals surface area contributed by atoms with E-state index < -0.39 is 9.84 Å². The Morgan fingerprint density at radius 3 is 1.10 bits per heavy atom. The Labute approximate surface area is 617 Å². The van der Waals surface area contributed by atoms with Gasteiger partial charge in [-0.1, -0.05) is 231 Å². The number of aromatic nitrogens is 5. The topological polar surface area (TPSA) is 58.8 Å². The van der Waals surface area contributed by atoms with Crippen LogP contribution in [0.2, 0.25) is 0 Å². The lowest BCUT2D eigenvalue weighted by Gasteiger charge is -2.10. The maximum Gasteiger partial charge on any atom is 0.207 e. The average molecular weight is 1390 g/mol. The first-order valence-electron chi connectivity index (χ1n) is 36.5. The highest BCUT2D eigenvalue weighted by Crippen LogP contribution is 2.48. The van der Waals surface area contributed by atoms with Crippen molar-refractivity contribution in [2.45, 2.75) is 9.79 Å². The van der Waals surface area contributed by atoms with Gasteiger partial charge in [0.05, 0.1) is 31.9 Å². The molecule has 23 rings (SSSR count). The lowest BCUT2D eigenvalue weighted by atomic mass is 9.96. The van der Waals surface area contributed by atoms with E-state index in [9.17, 15) is 8.42 Å². The van der Waals surface area contributed by atoms with Crippen molar-refractivity contribution in [2.75, 3.05) is 0 Å². The number of aryl methyl sites for hydroxylation is 3. The van der Waals surface area contributed by atoms with Crippen LogP contribution in [0.15, 0.2) is 362 Å². The number of para-hydroxylation sites is 4. The van der Waals surface area contributed by atoms with E-state index in [-0.39, 0.29) is 0 Å². The molecule has 0 saturated carbocycles. The molecule has 22 aromatic rings. The minimum Gasteiger partial charge on any atom is -0.344 e. The highest BCUT2D eigenvalue weighted by atomic mass is 32.2. The minimum atomic E-state index is -3.52. The first-order chi connectivity index (χ1) is 52.6. The van der Waals surface area contributed by atoms with Crippen LogP contribution in [0.25, 0.3) is 197 Å². The van der Waals surface area contributed by atoms with Crippen LogP contribution in [0.5, 0.6) is 0 Å². The molecule has 6 heterocycles. The van der Waals surface area contributed by atoms with Crippen LogP contribution >= 0.6 is 0 Å². The minimum absolute atomic E-state index is 0.392. The molecule has 8 heteroatoms. The molecule has 0 spiro atoms. The zero-order valence-electron chi connectivity index (χ0n) is 58.9. The van der Waals surface area contributed by atoms with Gasteiger partial charge in [0, 0.05) is 131 Å². The van der Waals surface area contributed by atoms with Crippen LogP contribution in [0.1, 0.15) is 0 Å². The van der Waals surface area contributed by atoms with Crippen LogP contribution in [-0.4, -0.2) is 31.3 Å². The molecule has 1 aliphatic rings. The van der Waals surface area contributed by atoms with E-state index in [0.717, 1.165) is 38.7 Å². The number of hydrogen-bond acceptors (Lipinski definition) is 2. The lowest BCUT2D eigenvalue weighted by Crippen LogP contribution is -1.96. The predicted octanol–water partition coefficient (Wildman–Crippen LogP) is 25.5. The second-order valence-electron chi connectivity index (χ2n) is 28.5. The molecule has 0 unspecified atom stereocenters. The molecule has 0 amide bonds. The van der Waals surface area contributed by atoms with Gasteiger partial charge in [-0.05, 0) is 187 Å². The van der Waals surface area contributed by atoms with Gasteiger partial charge < -0.3 is 22.8 Å². The van der Waals surface area contributed by atoms with Gasteiger partial charge in [0.15, 0.2) is 0 Å². The summed E-state index contributed by atoms with van der Waals surface area (Å²) in [6.07, 6.45) is 0. The largest absolute Gasteiger partial charge is 0.344 e. The molecule has 0 atom stereocenters. The van der Waals surface area contributed by atoms with E-state index in [1.165, 1.54) is 159 Å². The standard InChI is InChI=1S/2C35H24N2.C29H19NO2S/c1-36-32-17-9-15-27(35(32)30-20-23-10-5-6-11-24(23)21-33(30)36)25-18-19-29-28-14-7-8-16-31(28)37(34(29)22-25)26-12-3-2-4-13-26;1-36-32-18-16-25(20-30(32)31-19-23-9-5-6-10-24(23)21-34(31)36)26-15-17-29-28-13-7-8-14-33(28)37(35(29)22-26)27-11-3-2-4-12-27;1-30-25-11-6-10-21(29(25)24-15-18-7-2-3-8-19(18)16-26(24)30)20-13-14-23-22-9-4-5-12-27(22)33(31,32)28(23)17-20/h2*2-22H,1H3;2-17H,1H3. The third-order valence-corrected chi connectivity index (χ3v) is 24.6. The Morgan fingerprint density at radius 2 is 0.561 bits per heavy atom. The quantitative estimate of drug-likeness (QED) is 0.172. The average Bonchev–Trinajstić information content (AvgIpc) is 1.59. The van der Waals surface area contributed by atoms with Crippen LogP contribution in [0.3, 0.4) is 0 Å². The van der Waals surface area contributed by atoms with Crippen molar-refractivity contribution >= 4 is 151 Å². The maximum atomic E-state index is 13.3. The van der Waals surface area contributed by atoms with Crippen molar-refractivity contribution in [1.82, 2.24) is 22.8 Å². The van der Waals surface area contributed by atoms with E-state index in [4.69, 9.17) is 0 Å². The number of fused-ring (bicyclic) bond motifs is 21. The van der Waals surface area contributed by atoms with Crippen molar-refractivity contribution < 1.29 is 8.42 Å². The summed E-state index contributed by atoms with van der Waals surface area (Å²) in [4.78, 5) is 0.788. The molecule has 5 aromatic heterocycles. The summed E-state index contributed by atoms with van der Waals surface area (Å²) in [5.74, 6) is 0. The number of nitrogens with zero attached hydrogens (tertiary/aromatic N) is 5. The molecule has 107 heavy (non-hydrogen) atoms. The third kappa shape index (κ3) is 9.62. The summed E-state index contributed by atoms with van der Waals surface area (Å²) in [5, 5.41) is 20.2. The van der Waals surface area contributed by atoms with Crippen LogP contribution in [0, 0.1) is 0 Å². The van der Waals surface area contributed by atoms with Crippen LogP contribution in [-0.2, 0) is 31.0 Å². The third-order valence-electron chi connectivity index (χ3n) is 22.7. The summed E-state index contributed by atoms with van der Waals surface area (Å²) < 4.78 is 38.2. The molecule has 7 nitrogen and oxygen atoms in total. The Kier molecular flexibility index (Phi) is 13.9. The van der Waals surface area contributed by atoms with Crippen molar-refractivity contribution in [3.05, 3.63) is 352 Å². The van der Waals surface area contributed by atoms with Gasteiger partial charge in [-0.15, -0.1) is 0 Å². The molecule has 1 aliphatic heterocycles. The smallest absolute Gasteiger partial charge is 0.207 e. The molecule has 0 radical (unpaired) electrons. The molecule has 0 saturated heterocycles. The maximum absolute atomic E-state index is 13.3. The molecular weight excluding hydrogens is 1320 g/mol. The highest BCUT2D eigenvalue weighted by molar-refractivity contribution is 7.92. The molecule has 0 N–H and O–H groups in total. The van der Waals surface area contributed by atoms with E-state index in [2.05, 4.69) is 347 Å². The fourth-order valence-corrected chi connectivity index (χ4v) is 19.3. The Hall–Kier alpha value is -13.5. The highest BCUT2D eigenvalue weighted by Gasteiger charge is 2.33. The SMILES string of the molecule is Cn1c2cc3ccccc3cc2c2c(-c3ccc4c(c3)S(=O)(=O)c3ccccc3-4)cccc21.Cn1c2cc3ccccc3cc2c2c(-c3ccc4c5ccccc5n(-c5ccccc5)c4c3)cccc21.Cn1c2ccc(-c3ccc4c5ccccc5n(-c5ccccc5)c4c3)cc2c2cc3ccccc3cc21. The monoisotopic (exact) mass is 1390 g/mol. The Balaban J connectivity index is 0.000000103. The summed E-state index contributed by atoms with van der Waals surface area (Å²) in [6, 6.07) is 125. The fraction of sp³-hybridized carbons (Fsp3) is 0.0303. The van der Waals surface area contributed by atoms with Gasteiger partial charge >= 0.3 is 0 Å². The Morgan fingerprint density at radius 1 is 0.206 bits per heavy atom. The normalized spacial score (nSPS) is 12.6. The van der Waals surface area contributed by atoms with E-state index >= 15 is 0 Å². The summed E-state index contributed by atoms with van der Waals surface area (Å²) in [7, 11) is 2.92. The lowest BCUT2D eigenvalue weighted by molar-refractivity contribution is 0.598. The molecule has 17 aromatic carbocycles. The van der Waals surface area contributed by atoms with Crippen molar-refractivity contribution in [3.63, 3.8) is 0 Å². The van der Waals surface area contributed by atoms with E-state index in [1.807, 2.05) is 36.4 Å². The summed E-state index contributed by atoms with van der Waals surface area (Å²) >= 11 is 0. The zero-order valence-corrected chi connectivity index (χ0v) is 59.8. The zero-order chi connectivity index (χ0) is 71.3. The fourth-order valence-electron chi connectivity index (χ4n) is 17.6. The van der Waals surface area contributed by atoms with Crippen LogP contribution < -0.4 is 0 Å². The molecular formula is C99H67N5O2S. The number of sulfone groups is 1. The van der Waals surface area contributed by atoms with Gasteiger partial charge in [0.25, 0.3) is 0 Å². The number of hydrogen-bond donors (Lipinski definition) is 0. The van der Waals surface area contributed by atoms with Crippen molar-refractivity contribution in [3.8, 4) is 55.9 Å². The first kappa shape index (κ1) is 62.1. The van der Waals surface area contributed by atoms with Gasteiger partial charge in [-0.25, -0.2) is 8.42 Å². The van der Waals surface area contributed by atoms with E-state index in [0.29, 0.717) is 9.79 Å². The molecule has 0 aliphatic carbocycles. The summed E-state index contributed by atoms with van der Waals surface area (Å²) in [5.41, 5.74) is 23.1. The molecule has 0 bridgehead atoms. The van der Waals surface area contributed by atoms with Gasteiger partial charge in [-0.3, -0.25) is 0 Å². The molecule has 0 fully saturated rings. The van der Waals surface area contributed by atoms with Gasteiger partial charge in [0.2, 0.25) is 9.84 Å². The molecule has 506 valence electrons. The van der Waals surface area contributed by atoms with Crippen molar-refractivity contribution in [2.24, 2.45) is 21.1 Å². The van der Waals surface area contributed by atoms with Crippen LogP contribution in [0.4, 0.5) is 0 Å². The number of benzene rings is 17. The van der Waals surface area contributed by atoms with Gasteiger partial charge in [0.1, 0.15) is 0 Å². The Bertz CT molecular complexity index is 7620. The second kappa shape index (κ2) is 24.0. The number of rotatable bonds is 5. The predicted molar refractivity (Wildman–Crippen MR) is 450 cm³/mol. The van der Waals surface area contributed by atoms with Crippen molar-refractivity contribution in [1.29, 1.82) is 0 Å². The second-order valence-corrected chi connectivity index (χ2v) is 30.4. The first-order valence-corrected chi connectivity index (χ1v) is 37.9.